The van der Waals surface area contributed by atoms with E-state index in [1.165, 1.54) is 12.8 Å². The molecule has 1 saturated heterocycles. The van der Waals surface area contributed by atoms with E-state index in [0.717, 1.165) is 38.0 Å². The predicted molar refractivity (Wildman–Crippen MR) is 125 cm³/mol. The molecule has 2 aromatic rings. The highest BCUT2D eigenvalue weighted by Crippen LogP contribution is 2.21. The smallest absolute Gasteiger partial charge is 0.253 e. The van der Waals surface area contributed by atoms with Crippen LogP contribution in [0.4, 0.5) is 0 Å². The molecule has 2 amide bonds. The molecule has 0 bridgehead atoms. The lowest BCUT2D eigenvalue weighted by molar-refractivity contribution is -0.122. The summed E-state index contributed by atoms with van der Waals surface area (Å²) in [6.45, 7) is 5.40. The summed E-state index contributed by atoms with van der Waals surface area (Å²) >= 11 is 6.18. The Hall–Kier alpha value is -2.37. The molecule has 1 unspecified atom stereocenters. The minimum absolute atomic E-state index is 0.0414. The number of nitrogens with one attached hydrogen (secondary N) is 2. The fourth-order valence-electron chi connectivity index (χ4n) is 3.97. The zero-order chi connectivity index (χ0) is 22.1. The topological polar surface area (TPSA) is 61.4 Å². The second-order valence-electron chi connectivity index (χ2n) is 8.16. The van der Waals surface area contributed by atoms with Crippen LogP contribution in [-0.4, -0.2) is 42.4 Å². The molecule has 1 aliphatic heterocycles. The van der Waals surface area contributed by atoms with Crippen LogP contribution in [0.25, 0.3) is 0 Å². The number of carbonyl (C=O) groups is 2. The molecule has 0 aliphatic carbocycles. The van der Waals surface area contributed by atoms with Crippen molar-refractivity contribution in [1.29, 1.82) is 0 Å². The van der Waals surface area contributed by atoms with Gasteiger partial charge in [-0.1, -0.05) is 67.4 Å². The molecular weight excluding hydrogens is 410 g/mol. The van der Waals surface area contributed by atoms with Crippen molar-refractivity contribution in [3.63, 3.8) is 0 Å². The summed E-state index contributed by atoms with van der Waals surface area (Å²) in [5.41, 5.74) is 1.30. The van der Waals surface area contributed by atoms with Crippen LogP contribution < -0.4 is 10.6 Å². The Bertz CT molecular complexity index is 851. The third kappa shape index (κ3) is 7.08. The second-order valence-corrected chi connectivity index (χ2v) is 8.56. The Labute approximate surface area is 190 Å². The summed E-state index contributed by atoms with van der Waals surface area (Å²) in [6.07, 6.45) is 4.56. The van der Waals surface area contributed by atoms with E-state index in [1.54, 1.807) is 24.3 Å². The number of hydrogen-bond donors (Lipinski definition) is 2. The minimum atomic E-state index is -0.422. The number of hydrogen-bond acceptors (Lipinski definition) is 3. The van der Waals surface area contributed by atoms with E-state index in [9.17, 15) is 9.59 Å². The van der Waals surface area contributed by atoms with Gasteiger partial charge in [-0.25, -0.2) is 0 Å². The lowest BCUT2D eigenvalue weighted by Crippen LogP contribution is -2.45. The summed E-state index contributed by atoms with van der Waals surface area (Å²) < 4.78 is 0. The van der Waals surface area contributed by atoms with Crippen molar-refractivity contribution in [2.45, 2.75) is 51.1 Å². The summed E-state index contributed by atoms with van der Waals surface area (Å²) in [5.74, 6) is -0.322. The van der Waals surface area contributed by atoms with E-state index in [1.807, 2.05) is 30.3 Å². The second kappa shape index (κ2) is 11.9. The number of benzene rings is 2. The van der Waals surface area contributed by atoms with Gasteiger partial charge in [-0.15, -0.1) is 0 Å². The average Bonchev–Trinajstić information content (AvgIpc) is 2.79. The van der Waals surface area contributed by atoms with Gasteiger partial charge in [0.25, 0.3) is 5.91 Å². The van der Waals surface area contributed by atoms with E-state index in [2.05, 4.69) is 22.5 Å². The minimum Gasteiger partial charge on any atom is -0.353 e. The van der Waals surface area contributed by atoms with Gasteiger partial charge >= 0.3 is 0 Å². The molecule has 0 radical (unpaired) electrons. The number of likely N-dealkylation sites (tertiary alicyclic amines) is 1. The van der Waals surface area contributed by atoms with Crippen LogP contribution in [0.2, 0.25) is 5.02 Å². The third-order valence-electron chi connectivity index (χ3n) is 5.80. The number of nitrogens with zero attached hydrogens (tertiary/aromatic N) is 1. The van der Waals surface area contributed by atoms with E-state index < -0.39 is 6.04 Å². The Morgan fingerprint density at radius 2 is 1.74 bits per heavy atom. The molecule has 0 spiro atoms. The van der Waals surface area contributed by atoms with Gasteiger partial charge in [0.05, 0.1) is 23.0 Å². The molecule has 2 N–H and O–H groups in total. The maximum Gasteiger partial charge on any atom is 0.253 e. The van der Waals surface area contributed by atoms with E-state index in [0.29, 0.717) is 10.6 Å². The Morgan fingerprint density at radius 3 is 2.42 bits per heavy atom. The Morgan fingerprint density at radius 1 is 1.06 bits per heavy atom. The zero-order valence-electron chi connectivity index (χ0n) is 18.1. The first-order valence-electron chi connectivity index (χ1n) is 11.2. The van der Waals surface area contributed by atoms with E-state index >= 15 is 0 Å². The first kappa shape index (κ1) is 23.3. The van der Waals surface area contributed by atoms with Gasteiger partial charge in [0.15, 0.2) is 0 Å². The number of piperidine rings is 1. The van der Waals surface area contributed by atoms with Crippen LogP contribution in [0.15, 0.2) is 54.6 Å². The number of unbranched alkanes of at least 4 members (excludes halogenated alkanes) is 1. The SMILES string of the molecule is CCCCN1CCC(NC(=O)CC(NC(=O)c2ccccc2Cl)c2ccccc2)CC1. The highest BCUT2D eigenvalue weighted by atomic mass is 35.5. The molecule has 1 fully saturated rings. The van der Waals surface area contributed by atoms with Crippen LogP contribution in [0.3, 0.4) is 0 Å². The first-order chi connectivity index (χ1) is 15.1. The fraction of sp³-hybridized carbons (Fsp3) is 0.440. The monoisotopic (exact) mass is 441 g/mol. The highest BCUT2D eigenvalue weighted by molar-refractivity contribution is 6.33. The lowest BCUT2D eigenvalue weighted by Gasteiger charge is -2.32. The average molecular weight is 442 g/mol. The van der Waals surface area contributed by atoms with Crippen molar-refractivity contribution < 1.29 is 9.59 Å². The van der Waals surface area contributed by atoms with Crippen LogP contribution in [-0.2, 0) is 4.79 Å². The van der Waals surface area contributed by atoms with E-state index in [4.69, 9.17) is 11.6 Å². The van der Waals surface area contributed by atoms with E-state index in [-0.39, 0.29) is 24.3 Å². The quantitative estimate of drug-likeness (QED) is 0.598. The summed E-state index contributed by atoms with van der Waals surface area (Å²) in [4.78, 5) is 28.1. The summed E-state index contributed by atoms with van der Waals surface area (Å²) in [6, 6.07) is 16.3. The van der Waals surface area contributed by atoms with Gasteiger partial charge in [-0.2, -0.15) is 0 Å². The van der Waals surface area contributed by atoms with Gasteiger partial charge in [0, 0.05) is 19.1 Å². The van der Waals surface area contributed by atoms with Gasteiger partial charge in [0.1, 0.15) is 0 Å². The van der Waals surface area contributed by atoms with Gasteiger partial charge in [-0.3, -0.25) is 9.59 Å². The molecule has 6 heteroatoms. The maximum atomic E-state index is 12.8. The van der Waals surface area contributed by atoms with Crippen LogP contribution in [0.5, 0.6) is 0 Å². The molecule has 1 atom stereocenters. The van der Waals surface area contributed by atoms with Crippen LogP contribution in [0.1, 0.15) is 61.0 Å². The Kier molecular flexibility index (Phi) is 8.92. The van der Waals surface area contributed by atoms with Crippen molar-refractivity contribution in [1.82, 2.24) is 15.5 Å². The fourth-order valence-corrected chi connectivity index (χ4v) is 4.20. The predicted octanol–water partition coefficient (Wildman–Crippen LogP) is 4.58. The molecule has 166 valence electrons. The van der Waals surface area contributed by atoms with Gasteiger partial charge < -0.3 is 15.5 Å². The third-order valence-corrected chi connectivity index (χ3v) is 6.13. The zero-order valence-corrected chi connectivity index (χ0v) is 18.9. The van der Waals surface area contributed by atoms with Crippen molar-refractivity contribution in [2.75, 3.05) is 19.6 Å². The van der Waals surface area contributed by atoms with Crippen molar-refractivity contribution >= 4 is 23.4 Å². The molecule has 1 aliphatic rings. The normalized spacial score (nSPS) is 15.9. The lowest BCUT2D eigenvalue weighted by atomic mass is 10.0. The molecule has 3 rings (SSSR count). The number of carbonyl (C=O) groups excluding carboxylic acids is 2. The Balaban J connectivity index is 1.60. The molecule has 2 aromatic carbocycles. The van der Waals surface area contributed by atoms with Crippen molar-refractivity contribution in [2.24, 2.45) is 0 Å². The van der Waals surface area contributed by atoms with Gasteiger partial charge in [-0.05, 0) is 43.5 Å². The molecule has 31 heavy (non-hydrogen) atoms. The number of rotatable bonds is 9. The first-order valence-corrected chi connectivity index (χ1v) is 11.6. The number of amides is 2. The largest absolute Gasteiger partial charge is 0.353 e. The standard InChI is InChI=1S/C25H32ClN3O2/c1-2-3-15-29-16-13-20(14-17-29)27-24(30)18-23(19-9-5-4-6-10-19)28-25(31)21-11-7-8-12-22(21)26/h4-12,20,23H,2-3,13-18H2,1H3,(H,27,30)(H,28,31). The molecular formula is C25H32ClN3O2. The molecule has 1 heterocycles. The highest BCUT2D eigenvalue weighted by Gasteiger charge is 2.24. The van der Waals surface area contributed by atoms with Crippen molar-refractivity contribution in [3.8, 4) is 0 Å². The molecule has 5 nitrogen and oxygen atoms in total. The number of halogens is 1. The van der Waals surface area contributed by atoms with Crippen LogP contribution >= 0.6 is 11.6 Å². The van der Waals surface area contributed by atoms with Gasteiger partial charge in [0.2, 0.25) is 5.91 Å². The maximum absolute atomic E-state index is 12.8. The van der Waals surface area contributed by atoms with Crippen molar-refractivity contribution in [3.05, 3.63) is 70.7 Å². The molecule has 0 saturated carbocycles. The van der Waals surface area contributed by atoms with Crippen LogP contribution in [0, 0.1) is 0 Å². The molecule has 0 aromatic heterocycles. The summed E-state index contributed by atoms with van der Waals surface area (Å²) in [5, 5.41) is 6.57. The summed E-state index contributed by atoms with van der Waals surface area (Å²) in [7, 11) is 0.